The molecule has 1 aromatic heterocycles. The summed E-state index contributed by atoms with van der Waals surface area (Å²) >= 11 is 0. The zero-order valence-corrected chi connectivity index (χ0v) is 15.2. The molecule has 0 radical (unpaired) electrons. The lowest BCUT2D eigenvalue weighted by Gasteiger charge is -2.53. The first-order valence-electron chi connectivity index (χ1n) is 8.09. The van der Waals surface area contributed by atoms with Crippen molar-refractivity contribution >= 4 is 21.7 Å². The van der Waals surface area contributed by atoms with Gasteiger partial charge in [0, 0.05) is 26.7 Å². The van der Waals surface area contributed by atoms with Gasteiger partial charge in [-0.3, -0.25) is 0 Å². The summed E-state index contributed by atoms with van der Waals surface area (Å²) in [6, 6.07) is 1.98. The molecule has 9 heteroatoms. The lowest BCUT2D eigenvalue weighted by Crippen LogP contribution is -2.65. The van der Waals surface area contributed by atoms with Crippen LogP contribution in [0.5, 0.6) is 0 Å². The molecular weight excluding hydrogens is 330 g/mol. The number of anilines is 2. The van der Waals surface area contributed by atoms with Gasteiger partial charge in [0.1, 0.15) is 23.6 Å². The Morgan fingerprint density at radius 3 is 2.75 bits per heavy atom. The van der Waals surface area contributed by atoms with Crippen LogP contribution in [0.4, 0.5) is 11.6 Å². The zero-order valence-electron chi connectivity index (χ0n) is 14.4. The first kappa shape index (κ1) is 17.4. The molecule has 0 bridgehead atoms. The lowest BCUT2D eigenvalue weighted by molar-refractivity contribution is -0.114. The summed E-state index contributed by atoms with van der Waals surface area (Å²) in [5, 5.41) is 0. The van der Waals surface area contributed by atoms with Crippen LogP contribution < -0.4 is 14.5 Å². The number of hydrogen-bond acceptors (Lipinski definition) is 7. The van der Waals surface area contributed by atoms with E-state index in [1.54, 1.807) is 6.33 Å². The van der Waals surface area contributed by atoms with Crippen molar-refractivity contribution in [2.24, 2.45) is 5.92 Å². The SMILES string of the molecule is CN(C)c1cc(N2CC3(CC[C@H](CNS(C)(=O)=O)CO3)C2)ncn1. The molecule has 0 aromatic carbocycles. The summed E-state index contributed by atoms with van der Waals surface area (Å²) in [5.41, 5.74) is -0.106. The van der Waals surface area contributed by atoms with Gasteiger partial charge in [-0.2, -0.15) is 0 Å². The molecule has 134 valence electrons. The summed E-state index contributed by atoms with van der Waals surface area (Å²) in [7, 11) is 0.782. The molecule has 0 unspecified atom stereocenters. The van der Waals surface area contributed by atoms with E-state index in [0.29, 0.717) is 13.2 Å². The molecule has 2 aliphatic heterocycles. The van der Waals surface area contributed by atoms with Crippen LogP contribution in [0.1, 0.15) is 12.8 Å². The third-order valence-electron chi connectivity index (χ3n) is 4.65. The normalized spacial score (nSPS) is 23.1. The molecule has 0 aliphatic carbocycles. The minimum absolute atomic E-state index is 0.106. The minimum Gasteiger partial charge on any atom is -0.371 e. The van der Waals surface area contributed by atoms with Crippen molar-refractivity contribution in [3.05, 3.63) is 12.4 Å². The Morgan fingerprint density at radius 2 is 2.17 bits per heavy atom. The monoisotopic (exact) mass is 355 g/mol. The molecule has 3 rings (SSSR count). The van der Waals surface area contributed by atoms with Crippen LogP contribution in [0.3, 0.4) is 0 Å². The molecule has 1 N–H and O–H groups in total. The van der Waals surface area contributed by atoms with Crippen LogP contribution in [0.2, 0.25) is 0 Å². The molecule has 0 saturated carbocycles. The van der Waals surface area contributed by atoms with Gasteiger partial charge in [-0.15, -0.1) is 0 Å². The number of nitrogens with zero attached hydrogens (tertiary/aromatic N) is 4. The molecule has 3 heterocycles. The highest BCUT2D eigenvalue weighted by Crippen LogP contribution is 2.38. The van der Waals surface area contributed by atoms with Gasteiger partial charge in [-0.1, -0.05) is 0 Å². The molecule has 1 aromatic rings. The number of ether oxygens (including phenoxy) is 1. The molecule has 24 heavy (non-hydrogen) atoms. The molecule has 2 fully saturated rings. The highest BCUT2D eigenvalue weighted by molar-refractivity contribution is 7.88. The highest BCUT2D eigenvalue weighted by Gasteiger charge is 2.47. The highest BCUT2D eigenvalue weighted by atomic mass is 32.2. The van der Waals surface area contributed by atoms with Crippen LogP contribution >= 0.6 is 0 Å². The molecule has 1 atom stereocenters. The summed E-state index contributed by atoms with van der Waals surface area (Å²) in [6.07, 6.45) is 4.70. The fourth-order valence-electron chi connectivity index (χ4n) is 3.16. The average Bonchev–Trinajstić information content (AvgIpc) is 2.50. The minimum atomic E-state index is -3.13. The van der Waals surface area contributed by atoms with Gasteiger partial charge in [0.15, 0.2) is 0 Å². The van der Waals surface area contributed by atoms with Gasteiger partial charge in [0.25, 0.3) is 0 Å². The second-order valence-electron chi connectivity index (χ2n) is 7.00. The van der Waals surface area contributed by atoms with Gasteiger partial charge >= 0.3 is 0 Å². The van der Waals surface area contributed by atoms with E-state index in [0.717, 1.165) is 37.6 Å². The molecule has 1 spiro atoms. The van der Waals surface area contributed by atoms with E-state index in [1.807, 2.05) is 25.1 Å². The predicted octanol–water partition coefficient (Wildman–Crippen LogP) is 0.0772. The van der Waals surface area contributed by atoms with Crippen molar-refractivity contribution in [2.45, 2.75) is 18.4 Å². The van der Waals surface area contributed by atoms with E-state index in [1.165, 1.54) is 6.26 Å². The predicted molar refractivity (Wildman–Crippen MR) is 92.8 cm³/mol. The second-order valence-corrected chi connectivity index (χ2v) is 8.84. The number of aromatic nitrogens is 2. The molecular formula is C15H25N5O3S. The van der Waals surface area contributed by atoms with E-state index < -0.39 is 10.0 Å². The van der Waals surface area contributed by atoms with Crippen molar-refractivity contribution in [3.63, 3.8) is 0 Å². The Balaban J connectivity index is 1.51. The molecule has 8 nitrogen and oxygen atoms in total. The van der Waals surface area contributed by atoms with E-state index in [-0.39, 0.29) is 11.5 Å². The number of hydrogen-bond donors (Lipinski definition) is 1. The third-order valence-corrected chi connectivity index (χ3v) is 5.34. The lowest BCUT2D eigenvalue weighted by atomic mass is 9.83. The number of sulfonamides is 1. The summed E-state index contributed by atoms with van der Waals surface area (Å²) in [4.78, 5) is 12.7. The third kappa shape index (κ3) is 3.96. The van der Waals surface area contributed by atoms with Crippen LogP contribution in [0.15, 0.2) is 12.4 Å². The summed E-state index contributed by atoms with van der Waals surface area (Å²) < 4.78 is 31.0. The Hall–Kier alpha value is -1.45. The fourth-order valence-corrected chi connectivity index (χ4v) is 3.70. The van der Waals surface area contributed by atoms with E-state index >= 15 is 0 Å². The zero-order chi connectivity index (χ0) is 17.4. The van der Waals surface area contributed by atoms with Gasteiger partial charge in [-0.05, 0) is 18.8 Å². The van der Waals surface area contributed by atoms with Crippen molar-refractivity contribution in [1.29, 1.82) is 0 Å². The average molecular weight is 355 g/mol. The largest absolute Gasteiger partial charge is 0.371 e. The van der Waals surface area contributed by atoms with Crippen molar-refractivity contribution < 1.29 is 13.2 Å². The maximum Gasteiger partial charge on any atom is 0.208 e. The van der Waals surface area contributed by atoms with Gasteiger partial charge in [-0.25, -0.2) is 23.1 Å². The number of rotatable bonds is 5. The molecule has 2 aliphatic rings. The quantitative estimate of drug-likeness (QED) is 0.800. The van der Waals surface area contributed by atoms with Crippen LogP contribution in [-0.2, 0) is 14.8 Å². The van der Waals surface area contributed by atoms with Crippen LogP contribution in [0.25, 0.3) is 0 Å². The van der Waals surface area contributed by atoms with Gasteiger partial charge in [0.05, 0.1) is 26.0 Å². The smallest absolute Gasteiger partial charge is 0.208 e. The summed E-state index contributed by atoms with van der Waals surface area (Å²) in [6.45, 7) is 2.70. The Labute approximate surface area is 143 Å². The standard InChI is InChI=1S/C15H25N5O3S/c1-19(2)13-6-14(17-11-16-13)20-9-15(10-20)5-4-12(8-23-15)7-18-24(3,21)22/h6,11-12,18H,4-5,7-10H2,1-3H3/t12-/m1/s1. The van der Waals surface area contributed by atoms with E-state index in [4.69, 9.17) is 4.74 Å². The van der Waals surface area contributed by atoms with Crippen molar-refractivity contribution in [3.8, 4) is 0 Å². The first-order valence-corrected chi connectivity index (χ1v) is 9.98. The van der Waals surface area contributed by atoms with E-state index in [2.05, 4.69) is 19.6 Å². The topological polar surface area (TPSA) is 87.7 Å². The maximum absolute atomic E-state index is 11.2. The Bertz CT molecular complexity index is 678. The van der Waals surface area contributed by atoms with E-state index in [9.17, 15) is 8.42 Å². The molecule has 2 saturated heterocycles. The number of nitrogens with one attached hydrogen (secondary N) is 1. The summed E-state index contributed by atoms with van der Waals surface area (Å²) in [5.74, 6) is 2.06. The van der Waals surface area contributed by atoms with Crippen molar-refractivity contribution in [1.82, 2.24) is 14.7 Å². The first-order chi connectivity index (χ1) is 11.3. The van der Waals surface area contributed by atoms with Crippen LogP contribution in [0, 0.1) is 5.92 Å². The second kappa shape index (κ2) is 6.45. The van der Waals surface area contributed by atoms with Crippen LogP contribution in [-0.4, -0.2) is 70.6 Å². The Kier molecular flexibility index (Phi) is 4.67. The van der Waals surface area contributed by atoms with Gasteiger partial charge < -0.3 is 14.5 Å². The van der Waals surface area contributed by atoms with Crippen molar-refractivity contribution in [2.75, 3.05) is 56.4 Å². The Morgan fingerprint density at radius 1 is 1.42 bits per heavy atom. The molecule has 0 amide bonds. The van der Waals surface area contributed by atoms with Gasteiger partial charge in [0.2, 0.25) is 10.0 Å². The fraction of sp³-hybridized carbons (Fsp3) is 0.733. The maximum atomic E-state index is 11.2.